The Morgan fingerprint density at radius 2 is 2.04 bits per heavy atom. The van der Waals surface area contributed by atoms with Crippen LogP contribution in [0.2, 0.25) is 0 Å². The molecule has 7 heteroatoms. The first kappa shape index (κ1) is 18.1. The number of morpholine rings is 1. The summed E-state index contributed by atoms with van der Waals surface area (Å²) >= 11 is 0. The Kier molecular flexibility index (Phi) is 5.24. The normalized spacial score (nSPS) is 21.3. The van der Waals surface area contributed by atoms with Crippen LogP contribution in [0.5, 0.6) is 0 Å². The molecule has 2 aliphatic heterocycles. The number of likely N-dealkylation sites (tertiary alicyclic amines) is 1. The summed E-state index contributed by atoms with van der Waals surface area (Å²) in [5.41, 5.74) is 0.353. The Hall–Kier alpha value is -1.73. The topological polar surface area (TPSA) is 67.8 Å². The van der Waals surface area contributed by atoms with Gasteiger partial charge in [-0.05, 0) is 33.6 Å². The number of aromatic nitrogens is 2. The lowest BCUT2D eigenvalue weighted by atomic mass is 9.89. The van der Waals surface area contributed by atoms with Crippen molar-refractivity contribution in [3.8, 4) is 0 Å². The highest BCUT2D eigenvalue weighted by Crippen LogP contribution is 2.31. The van der Waals surface area contributed by atoms with E-state index in [1.54, 1.807) is 17.3 Å². The van der Waals surface area contributed by atoms with E-state index in [9.17, 15) is 4.79 Å². The van der Waals surface area contributed by atoms with Crippen LogP contribution in [-0.2, 0) is 16.0 Å². The van der Waals surface area contributed by atoms with Gasteiger partial charge in [0.2, 0.25) is 0 Å². The van der Waals surface area contributed by atoms with Crippen LogP contribution in [0, 0.1) is 0 Å². The Bertz CT molecular complexity index is 580. The number of amides is 1. The molecule has 0 radical (unpaired) electrons. The summed E-state index contributed by atoms with van der Waals surface area (Å²) in [5, 5.41) is 0. The minimum absolute atomic E-state index is 0.168. The van der Waals surface area contributed by atoms with Gasteiger partial charge in [0.25, 0.3) is 0 Å². The minimum Gasteiger partial charge on any atom is -0.444 e. The third-order valence-corrected chi connectivity index (χ3v) is 4.66. The predicted molar refractivity (Wildman–Crippen MR) is 93.0 cm³/mol. The highest BCUT2D eigenvalue weighted by Gasteiger charge is 2.41. The SMILES string of the molecule is CC(C)(C)OC(=O)N1CCC2(CC1)CN(Cc1cnccn1)CCO2. The van der Waals surface area contributed by atoms with E-state index in [0.717, 1.165) is 38.2 Å². The molecule has 1 spiro atoms. The Labute approximate surface area is 149 Å². The van der Waals surface area contributed by atoms with Crippen molar-refractivity contribution in [3.05, 3.63) is 24.3 Å². The summed E-state index contributed by atoms with van der Waals surface area (Å²) in [4.78, 5) is 24.9. The molecule has 1 aromatic rings. The number of rotatable bonds is 2. The molecule has 0 aromatic carbocycles. The molecule has 0 atom stereocenters. The molecule has 0 saturated carbocycles. The van der Waals surface area contributed by atoms with Crippen molar-refractivity contribution in [1.82, 2.24) is 19.8 Å². The molecule has 3 heterocycles. The van der Waals surface area contributed by atoms with Crippen LogP contribution in [0.1, 0.15) is 39.3 Å². The Morgan fingerprint density at radius 1 is 1.28 bits per heavy atom. The number of hydrogen-bond acceptors (Lipinski definition) is 6. The molecule has 2 fully saturated rings. The third kappa shape index (κ3) is 4.89. The maximum absolute atomic E-state index is 12.2. The first-order chi connectivity index (χ1) is 11.9. The van der Waals surface area contributed by atoms with Gasteiger partial charge in [0.15, 0.2) is 0 Å². The van der Waals surface area contributed by atoms with Crippen molar-refractivity contribution in [2.75, 3.05) is 32.8 Å². The molecule has 3 rings (SSSR count). The van der Waals surface area contributed by atoms with E-state index < -0.39 is 5.60 Å². The van der Waals surface area contributed by atoms with Gasteiger partial charge in [-0.1, -0.05) is 0 Å². The van der Waals surface area contributed by atoms with Crippen LogP contribution in [0.4, 0.5) is 4.79 Å². The lowest BCUT2D eigenvalue weighted by molar-refractivity contribution is -0.136. The summed E-state index contributed by atoms with van der Waals surface area (Å²) in [6.45, 7) is 10.3. The smallest absolute Gasteiger partial charge is 0.410 e. The number of nitrogens with zero attached hydrogens (tertiary/aromatic N) is 4. The molecular formula is C18H28N4O3. The van der Waals surface area contributed by atoms with Crippen LogP contribution < -0.4 is 0 Å². The zero-order valence-electron chi connectivity index (χ0n) is 15.4. The van der Waals surface area contributed by atoms with E-state index in [2.05, 4.69) is 14.9 Å². The molecule has 2 saturated heterocycles. The lowest BCUT2D eigenvalue weighted by Crippen LogP contribution is -2.57. The van der Waals surface area contributed by atoms with E-state index in [0.29, 0.717) is 19.7 Å². The fraction of sp³-hybridized carbons (Fsp3) is 0.722. The van der Waals surface area contributed by atoms with Crippen LogP contribution in [0.15, 0.2) is 18.6 Å². The van der Waals surface area contributed by atoms with Gasteiger partial charge in [0.1, 0.15) is 5.60 Å². The average Bonchev–Trinajstić information content (AvgIpc) is 2.55. The molecule has 0 N–H and O–H groups in total. The van der Waals surface area contributed by atoms with Crippen LogP contribution in [0.3, 0.4) is 0 Å². The second-order valence-electron chi connectivity index (χ2n) is 7.91. The van der Waals surface area contributed by atoms with Crippen molar-refractivity contribution in [1.29, 1.82) is 0 Å². The van der Waals surface area contributed by atoms with Crippen LogP contribution >= 0.6 is 0 Å². The molecule has 0 unspecified atom stereocenters. The van der Waals surface area contributed by atoms with Crippen molar-refractivity contribution in [3.63, 3.8) is 0 Å². The Morgan fingerprint density at radius 3 is 2.68 bits per heavy atom. The van der Waals surface area contributed by atoms with Gasteiger partial charge in [-0.3, -0.25) is 14.9 Å². The number of hydrogen-bond donors (Lipinski definition) is 0. The zero-order chi connectivity index (χ0) is 17.9. The average molecular weight is 348 g/mol. The summed E-state index contributed by atoms with van der Waals surface area (Å²) in [7, 11) is 0. The van der Waals surface area contributed by atoms with Gasteiger partial charge in [0, 0.05) is 51.3 Å². The molecule has 1 aromatic heterocycles. The Balaban J connectivity index is 1.54. The third-order valence-electron chi connectivity index (χ3n) is 4.66. The highest BCUT2D eigenvalue weighted by atomic mass is 16.6. The summed E-state index contributed by atoms with van der Waals surface area (Å²) in [5.74, 6) is 0. The van der Waals surface area contributed by atoms with Crippen molar-refractivity contribution in [2.24, 2.45) is 0 Å². The first-order valence-electron chi connectivity index (χ1n) is 8.94. The summed E-state index contributed by atoms with van der Waals surface area (Å²) in [6.07, 6.45) is 6.68. The van der Waals surface area contributed by atoms with Crippen molar-refractivity contribution < 1.29 is 14.3 Å². The van der Waals surface area contributed by atoms with Gasteiger partial charge in [-0.15, -0.1) is 0 Å². The number of ether oxygens (including phenoxy) is 2. The number of carbonyl (C=O) groups excluding carboxylic acids is 1. The highest BCUT2D eigenvalue weighted by molar-refractivity contribution is 5.68. The van der Waals surface area contributed by atoms with Gasteiger partial charge in [-0.25, -0.2) is 4.79 Å². The maximum atomic E-state index is 12.2. The van der Waals surface area contributed by atoms with Crippen LogP contribution in [0.25, 0.3) is 0 Å². The van der Waals surface area contributed by atoms with E-state index in [1.165, 1.54) is 0 Å². The second-order valence-corrected chi connectivity index (χ2v) is 7.91. The summed E-state index contributed by atoms with van der Waals surface area (Å²) < 4.78 is 11.6. The molecule has 1 amide bonds. The fourth-order valence-corrected chi connectivity index (χ4v) is 3.42. The minimum atomic E-state index is -0.457. The first-order valence-corrected chi connectivity index (χ1v) is 8.94. The lowest BCUT2D eigenvalue weighted by Gasteiger charge is -2.47. The van der Waals surface area contributed by atoms with E-state index in [4.69, 9.17) is 9.47 Å². The molecule has 0 aliphatic carbocycles. The van der Waals surface area contributed by atoms with Gasteiger partial charge in [0.05, 0.1) is 17.9 Å². The molecule has 138 valence electrons. The standard InChI is InChI=1S/C18H28N4O3/c1-17(2,3)25-16(23)22-8-4-18(5-9-22)14-21(10-11-24-18)13-15-12-19-6-7-20-15/h6-7,12H,4-5,8-11,13-14H2,1-3H3. The fourth-order valence-electron chi connectivity index (χ4n) is 3.42. The summed E-state index contributed by atoms with van der Waals surface area (Å²) in [6, 6.07) is 0. The number of piperidine rings is 1. The van der Waals surface area contributed by atoms with Crippen LogP contribution in [-0.4, -0.2) is 69.8 Å². The number of carbonyl (C=O) groups is 1. The van der Waals surface area contributed by atoms with E-state index in [1.807, 2.05) is 27.0 Å². The van der Waals surface area contributed by atoms with Gasteiger partial charge < -0.3 is 14.4 Å². The van der Waals surface area contributed by atoms with Gasteiger partial charge in [-0.2, -0.15) is 0 Å². The van der Waals surface area contributed by atoms with E-state index >= 15 is 0 Å². The molecule has 0 bridgehead atoms. The largest absolute Gasteiger partial charge is 0.444 e. The molecule has 2 aliphatic rings. The quantitative estimate of drug-likeness (QED) is 0.815. The predicted octanol–water partition coefficient (Wildman–Crippen LogP) is 2.08. The van der Waals surface area contributed by atoms with Crippen molar-refractivity contribution >= 4 is 6.09 Å². The molecular weight excluding hydrogens is 320 g/mol. The monoisotopic (exact) mass is 348 g/mol. The van der Waals surface area contributed by atoms with Gasteiger partial charge >= 0.3 is 6.09 Å². The second kappa shape index (κ2) is 7.25. The van der Waals surface area contributed by atoms with Crippen molar-refractivity contribution in [2.45, 2.75) is 51.4 Å². The molecule has 25 heavy (non-hydrogen) atoms. The maximum Gasteiger partial charge on any atom is 0.410 e. The molecule has 7 nitrogen and oxygen atoms in total. The van der Waals surface area contributed by atoms with E-state index in [-0.39, 0.29) is 11.7 Å². The zero-order valence-corrected chi connectivity index (χ0v) is 15.4.